The normalized spacial score (nSPS) is 11.8. The average Bonchev–Trinajstić information content (AvgIpc) is 2.31. The molecule has 0 aromatic heterocycles. The molecule has 1 aromatic rings. The minimum absolute atomic E-state index is 0.194. The second-order valence-corrected chi connectivity index (χ2v) is 4.54. The summed E-state index contributed by atoms with van der Waals surface area (Å²) in [5, 5.41) is 11.5. The lowest BCUT2D eigenvalue weighted by atomic mass is 9.99. The molecule has 0 fully saturated rings. The minimum Gasteiger partial charge on any atom is -0.496 e. The molecule has 0 saturated carbocycles. The van der Waals surface area contributed by atoms with Crippen molar-refractivity contribution in [2.24, 2.45) is 0 Å². The summed E-state index contributed by atoms with van der Waals surface area (Å²) < 4.78 is 5.26. The molecule has 0 aliphatic carbocycles. The summed E-state index contributed by atoms with van der Waals surface area (Å²) in [6.07, 6.45) is 0.194. The molecule has 1 unspecified atom stereocenters. The molecule has 0 aliphatic heterocycles. The Balaban J connectivity index is 3.04. The van der Waals surface area contributed by atoms with Crippen LogP contribution in [0.1, 0.15) is 23.6 Å². The Morgan fingerprint density at radius 3 is 2.37 bits per heavy atom. The van der Waals surface area contributed by atoms with Gasteiger partial charge in [-0.1, -0.05) is 6.07 Å². The number of carbonyl (C=O) groups excluding carboxylic acids is 1. The van der Waals surface area contributed by atoms with Crippen LogP contribution in [-0.2, 0) is 16.0 Å². The van der Waals surface area contributed by atoms with Crippen LogP contribution in [0.15, 0.2) is 12.1 Å². The number of aryl methyl sites for hydroxylation is 2. The summed E-state index contributed by atoms with van der Waals surface area (Å²) in [6.45, 7) is 5.21. The smallest absolute Gasteiger partial charge is 0.326 e. The van der Waals surface area contributed by atoms with Gasteiger partial charge in [0.2, 0.25) is 5.91 Å². The van der Waals surface area contributed by atoms with Gasteiger partial charge < -0.3 is 15.2 Å². The van der Waals surface area contributed by atoms with E-state index in [1.54, 1.807) is 7.11 Å². The highest BCUT2D eigenvalue weighted by Crippen LogP contribution is 2.24. The molecule has 0 saturated heterocycles. The Kier molecular flexibility index (Phi) is 4.92. The van der Waals surface area contributed by atoms with Crippen LogP contribution < -0.4 is 10.1 Å². The number of amides is 1. The Bertz CT molecular complexity index is 496. The van der Waals surface area contributed by atoms with Gasteiger partial charge in [0.25, 0.3) is 0 Å². The van der Waals surface area contributed by atoms with E-state index >= 15 is 0 Å². The summed E-state index contributed by atoms with van der Waals surface area (Å²) in [4.78, 5) is 22.2. The highest BCUT2D eigenvalue weighted by atomic mass is 16.5. The van der Waals surface area contributed by atoms with Crippen LogP contribution in [0.5, 0.6) is 5.75 Å². The van der Waals surface area contributed by atoms with Crippen molar-refractivity contribution in [3.8, 4) is 5.75 Å². The molecule has 19 heavy (non-hydrogen) atoms. The van der Waals surface area contributed by atoms with Crippen molar-refractivity contribution in [1.82, 2.24) is 5.32 Å². The highest BCUT2D eigenvalue weighted by Gasteiger charge is 2.21. The number of hydrogen-bond donors (Lipinski definition) is 2. The lowest BCUT2D eigenvalue weighted by Gasteiger charge is -2.17. The Morgan fingerprint density at radius 2 is 1.89 bits per heavy atom. The number of aliphatic carboxylic acids is 1. The molecule has 1 aromatic carbocycles. The number of benzene rings is 1. The lowest BCUT2D eigenvalue weighted by Crippen LogP contribution is -2.41. The van der Waals surface area contributed by atoms with E-state index in [2.05, 4.69) is 5.32 Å². The van der Waals surface area contributed by atoms with E-state index in [4.69, 9.17) is 9.84 Å². The fourth-order valence-electron chi connectivity index (χ4n) is 1.86. The number of rotatable bonds is 5. The second kappa shape index (κ2) is 6.22. The first-order valence-corrected chi connectivity index (χ1v) is 5.99. The molecule has 0 aliphatic rings. The summed E-state index contributed by atoms with van der Waals surface area (Å²) >= 11 is 0. The molecule has 1 amide bonds. The quantitative estimate of drug-likeness (QED) is 0.844. The molecule has 0 radical (unpaired) electrons. The largest absolute Gasteiger partial charge is 0.496 e. The third-order valence-electron chi connectivity index (χ3n) is 3.00. The van der Waals surface area contributed by atoms with Gasteiger partial charge in [-0.05, 0) is 36.6 Å². The molecular formula is C14H19NO4. The molecule has 104 valence electrons. The Hall–Kier alpha value is -2.04. The van der Waals surface area contributed by atoms with Gasteiger partial charge in [0.15, 0.2) is 0 Å². The first kappa shape index (κ1) is 15.0. The van der Waals surface area contributed by atoms with E-state index in [0.29, 0.717) is 5.75 Å². The van der Waals surface area contributed by atoms with Gasteiger partial charge in [0.05, 0.1) is 7.11 Å². The number of carboxylic acids is 1. The van der Waals surface area contributed by atoms with Crippen LogP contribution in [0, 0.1) is 13.8 Å². The van der Waals surface area contributed by atoms with E-state index in [0.717, 1.165) is 16.7 Å². The van der Waals surface area contributed by atoms with Gasteiger partial charge >= 0.3 is 5.97 Å². The minimum atomic E-state index is -1.06. The van der Waals surface area contributed by atoms with Gasteiger partial charge in [-0.25, -0.2) is 4.79 Å². The number of nitrogens with one attached hydrogen (secondary N) is 1. The summed E-state index contributed by atoms with van der Waals surface area (Å²) in [6, 6.07) is 2.82. The molecule has 2 N–H and O–H groups in total. The standard InChI is InChI=1S/C14H19NO4/c1-8-5-11(13(19-4)6-9(8)2)7-12(14(17)18)15-10(3)16/h5-6,12H,7H2,1-4H3,(H,15,16)(H,17,18). The maximum atomic E-state index is 11.1. The zero-order chi connectivity index (χ0) is 14.6. The molecule has 5 nitrogen and oxygen atoms in total. The van der Waals surface area contributed by atoms with Crippen molar-refractivity contribution in [3.63, 3.8) is 0 Å². The predicted octanol–water partition coefficient (Wildman–Crippen LogP) is 1.44. The van der Waals surface area contributed by atoms with Crippen molar-refractivity contribution in [1.29, 1.82) is 0 Å². The maximum Gasteiger partial charge on any atom is 0.326 e. The third kappa shape index (κ3) is 3.98. The van der Waals surface area contributed by atoms with Crippen LogP contribution in [0.25, 0.3) is 0 Å². The monoisotopic (exact) mass is 265 g/mol. The summed E-state index contributed by atoms with van der Waals surface area (Å²) in [5.74, 6) is -0.787. The van der Waals surface area contributed by atoms with Crippen molar-refractivity contribution in [2.75, 3.05) is 7.11 Å². The van der Waals surface area contributed by atoms with Crippen molar-refractivity contribution in [2.45, 2.75) is 33.2 Å². The van der Waals surface area contributed by atoms with E-state index in [1.165, 1.54) is 6.92 Å². The first-order valence-electron chi connectivity index (χ1n) is 5.99. The topological polar surface area (TPSA) is 75.6 Å². The van der Waals surface area contributed by atoms with Gasteiger partial charge in [0, 0.05) is 13.3 Å². The van der Waals surface area contributed by atoms with E-state index < -0.39 is 12.0 Å². The summed E-state index contributed by atoms with van der Waals surface area (Å²) in [5.41, 5.74) is 2.90. The Morgan fingerprint density at radius 1 is 1.32 bits per heavy atom. The van der Waals surface area contributed by atoms with Crippen LogP contribution in [0.2, 0.25) is 0 Å². The molecule has 0 heterocycles. The van der Waals surface area contributed by atoms with Crippen molar-refractivity contribution in [3.05, 3.63) is 28.8 Å². The van der Waals surface area contributed by atoms with E-state index in [-0.39, 0.29) is 12.3 Å². The van der Waals surface area contributed by atoms with E-state index in [9.17, 15) is 9.59 Å². The van der Waals surface area contributed by atoms with Crippen molar-refractivity contribution < 1.29 is 19.4 Å². The highest BCUT2D eigenvalue weighted by molar-refractivity contribution is 5.82. The fourth-order valence-corrected chi connectivity index (χ4v) is 1.86. The first-order chi connectivity index (χ1) is 8.85. The number of ether oxygens (including phenoxy) is 1. The van der Waals surface area contributed by atoms with Gasteiger partial charge in [-0.3, -0.25) is 4.79 Å². The third-order valence-corrected chi connectivity index (χ3v) is 3.00. The molecule has 0 bridgehead atoms. The van der Waals surface area contributed by atoms with Gasteiger partial charge in [-0.15, -0.1) is 0 Å². The second-order valence-electron chi connectivity index (χ2n) is 4.54. The van der Waals surface area contributed by atoms with Crippen LogP contribution in [0.3, 0.4) is 0 Å². The maximum absolute atomic E-state index is 11.1. The molecule has 1 atom stereocenters. The molecular weight excluding hydrogens is 246 g/mol. The number of methoxy groups -OCH3 is 1. The van der Waals surface area contributed by atoms with Crippen LogP contribution in [0.4, 0.5) is 0 Å². The van der Waals surface area contributed by atoms with Crippen molar-refractivity contribution >= 4 is 11.9 Å². The SMILES string of the molecule is COc1cc(C)c(C)cc1CC(NC(C)=O)C(=O)O. The zero-order valence-corrected chi connectivity index (χ0v) is 11.6. The molecule has 0 spiro atoms. The van der Waals surface area contributed by atoms with Crippen LogP contribution in [-0.4, -0.2) is 30.1 Å². The number of hydrogen-bond acceptors (Lipinski definition) is 3. The van der Waals surface area contributed by atoms with E-state index in [1.807, 2.05) is 26.0 Å². The predicted molar refractivity (Wildman–Crippen MR) is 71.4 cm³/mol. The average molecular weight is 265 g/mol. The number of carboxylic acid groups (broad SMARTS) is 1. The molecule has 5 heteroatoms. The fraction of sp³-hybridized carbons (Fsp3) is 0.429. The molecule has 1 rings (SSSR count). The lowest BCUT2D eigenvalue weighted by molar-refractivity contribution is -0.141. The zero-order valence-electron chi connectivity index (χ0n) is 11.6. The Labute approximate surface area is 112 Å². The van der Waals surface area contributed by atoms with Gasteiger partial charge in [-0.2, -0.15) is 0 Å². The van der Waals surface area contributed by atoms with Crippen LogP contribution >= 0.6 is 0 Å². The van der Waals surface area contributed by atoms with Gasteiger partial charge in [0.1, 0.15) is 11.8 Å². The number of carbonyl (C=O) groups is 2. The summed E-state index contributed by atoms with van der Waals surface area (Å²) in [7, 11) is 1.54.